The fourth-order valence-corrected chi connectivity index (χ4v) is 3.06. The molecule has 2 aliphatic rings. The lowest BCUT2D eigenvalue weighted by atomic mass is 10.2. The molecule has 7 nitrogen and oxygen atoms in total. The molecule has 0 bridgehead atoms. The Hall–Kier alpha value is -2.44. The maximum atomic E-state index is 12.4. The van der Waals surface area contributed by atoms with Crippen molar-refractivity contribution in [1.29, 1.82) is 0 Å². The van der Waals surface area contributed by atoms with E-state index in [2.05, 4.69) is 20.2 Å². The van der Waals surface area contributed by atoms with Crippen molar-refractivity contribution in [2.75, 3.05) is 11.4 Å². The number of nitrogens with zero attached hydrogens (tertiary/aromatic N) is 5. The minimum Gasteiger partial charge on any atom is -0.352 e. The van der Waals surface area contributed by atoms with Crippen LogP contribution in [0.15, 0.2) is 24.8 Å². The molecule has 0 radical (unpaired) electrons. The molecule has 3 heterocycles. The summed E-state index contributed by atoms with van der Waals surface area (Å²) in [4.78, 5) is 27.7. The van der Waals surface area contributed by atoms with E-state index in [9.17, 15) is 4.79 Å². The second-order valence-corrected chi connectivity index (χ2v) is 6.21. The van der Waals surface area contributed by atoms with Crippen LogP contribution in [0.3, 0.4) is 0 Å². The number of nitrogens with one attached hydrogen (secondary N) is 1. The highest BCUT2D eigenvalue weighted by atomic mass is 16.2. The van der Waals surface area contributed by atoms with Gasteiger partial charge in [-0.15, -0.1) is 0 Å². The molecule has 1 amide bonds. The number of hydrogen-bond acceptors (Lipinski definition) is 5. The molecule has 2 aromatic rings. The number of hydrogen-bond donors (Lipinski definition) is 1. The molecule has 1 atom stereocenters. The molecule has 1 N–H and O–H groups in total. The van der Waals surface area contributed by atoms with Crippen LogP contribution in [-0.2, 0) is 4.79 Å². The zero-order valence-corrected chi connectivity index (χ0v) is 13.1. The summed E-state index contributed by atoms with van der Waals surface area (Å²) in [7, 11) is 0. The van der Waals surface area contributed by atoms with Crippen LogP contribution in [0, 0.1) is 6.92 Å². The van der Waals surface area contributed by atoms with Crippen LogP contribution >= 0.6 is 0 Å². The number of aromatic nitrogens is 4. The van der Waals surface area contributed by atoms with Gasteiger partial charge in [0.2, 0.25) is 5.91 Å². The van der Waals surface area contributed by atoms with E-state index >= 15 is 0 Å². The van der Waals surface area contributed by atoms with E-state index in [1.165, 1.54) is 0 Å². The van der Waals surface area contributed by atoms with E-state index in [-0.39, 0.29) is 11.9 Å². The van der Waals surface area contributed by atoms with Gasteiger partial charge >= 0.3 is 0 Å². The van der Waals surface area contributed by atoms with Gasteiger partial charge in [0.1, 0.15) is 17.7 Å². The molecule has 120 valence electrons. The second kappa shape index (κ2) is 5.64. The number of rotatable bonds is 4. The first-order chi connectivity index (χ1) is 11.2. The van der Waals surface area contributed by atoms with Crippen LogP contribution in [0.25, 0.3) is 5.82 Å². The highest BCUT2D eigenvalue weighted by molar-refractivity contribution is 5.86. The maximum absolute atomic E-state index is 12.4. The summed E-state index contributed by atoms with van der Waals surface area (Å²) in [6.07, 6.45) is 11.1. The zero-order chi connectivity index (χ0) is 15.8. The molecule has 4 rings (SSSR count). The van der Waals surface area contributed by atoms with Crippen molar-refractivity contribution in [2.45, 2.75) is 44.7 Å². The maximum Gasteiger partial charge on any atom is 0.242 e. The molecule has 1 saturated heterocycles. The molecule has 23 heavy (non-hydrogen) atoms. The Morgan fingerprint density at radius 3 is 2.83 bits per heavy atom. The second-order valence-electron chi connectivity index (χ2n) is 6.21. The van der Waals surface area contributed by atoms with Crippen molar-refractivity contribution in [1.82, 2.24) is 24.8 Å². The van der Waals surface area contributed by atoms with Crippen molar-refractivity contribution in [3.8, 4) is 5.82 Å². The molecular formula is C16H20N6O. The standard InChI is InChI=1S/C16H20N6O/c1-11-18-6-8-21(11)14-9-17-10-15(20-14)22-7-2-3-13(22)16(23)19-12-4-5-12/h6,8-10,12-13H,2-5,7H2,1H3,(H,19,23)/t13-/m0/s1. The predicted octanol–water partition coefficient (Wildman–Crippen LogP) is 1.22. The summed E-state index contributed by atoms with van der Waals surface area (Å²) in [6, 6.07) is 0.250. The number of aryl methyl sites for hydroxylation is 1. The third-order valence-electron chi connectivity index (χ3n) is 4.46. The van der Waals surface area contributed by atoms with Gasteiger partial charge in [-0.3, -0.25) is 14.3 Å². The van der Waals surface area contributed by atoms with E-state index in [1.54, 1.807) is 18.6 Å². The lowest BCUT2D eigenvalue weighted by molar-refractivity contribution is -0.122. The molecule has 2 fully saturated rings. The Kier molecular flexibility index (Phi) is 3.48. The number of carbonyl (C=O) groups is 1. The summed E-state index contributed by atoms with van der Waals surface area (Å²) in [5.41, 5.74) is 0. The van der Waals surface area contributed by atoms with Crippen LogP contribution in [0.2, 0.25) is 0 Å². The lowest BCUT2D eigenvalue weighted by Crippen LogP contribution is -2.44. The molecule has 0 aromatic carbocycles. The fourth-order valence-electron chi connectivity index (χ4n) is 3.06. The molecule has 1 aliphatic heterocycles. The van der Waals surface area contributed by atoms with Gasteiger partial charge in [0.25, 0.3) is 0 Å². The van der Waals surface area contributed by atoms with Gasteiger partial charge in [-0.25, -0.2) is 9.97 Å². The third kappa shape index (κ3) is 2.78. The smallest absolute Gasteiger partial charge is 0.242 e. The molecule has 0 unspecified atom stereocenters. The third-order valence-corrected chi connectivity index (χ3v) is 4.46. The zero-order valence-electron chi connectivity index (χ0n) is 13.1. The topological polar surface area (TPSA) is 75.9 Å². The number of carbonyl (C=O) groups excluding carboxylic acids is 1. The predicted molar refractivity (Wildman–Crippen MR) is 85.4 cm³/mol. The Labute approximate surface area is 134 Å². The summed E-state index contributed by atoms with van der Waals surface area (Å²) in [5, 5.41) is 3.10. The highest BCUT2D eigenvalue weighted by Crippen LogP contribution is 2.26. The molecule has 1 aliphatic carbocycles. The Morgan fingerprint density at radius 2 is 2.09 bits per heavy atom. The van der Waals surface area contributed by atoms with E-state index in [0.29, 0.717) is 6.04 Å². The Bertz CT molecular complexity index is 723. The van der Waals surface area contributed by atoms with Crippen LogP contribution in [-0.4, -0.2) is 44.1 Å². The van der Waals surface area contributed by atoms with E-state index in [4.69, 9.17) is 4.98 Å². The van der Waals surface area contributed by atoms with Gasteiger partial charge in [0.05, 0.1) is 12.4 Å². The minimum atomic E-state index is -0.135. The average Bonchev–Trinajstić information content (AvgIpc) is 3.07. The highest BCUT2D eigenvalue weighted by Gasteiger charge is 2.34. The van der Waals surface area contributed by atoms with Crippen molar-refractivity contribution in [3.05, 3.63) is 30.6 Å². The van der Waals surface area contributed by atoms with Crippen LogP contribution < -0.4 is 10.2 Å². The fraction of sp³-hybridized carbons (Fsp3) is 0.500. The quantitative estimate of drug-likeness (QED) is 0.918. The first-order valence-corrected chi connectivity index (χ1v) is 8.12. The van der Waals surface area contributed by atoms with Crippen molar-refractivity contribution in [3.63, 3.8) is 0 Å². The number of imidazole rings is 1. The van der Waals surface area contributed by atoms with Crippen LogP contribution in [0.4, 0.5) is 5.82 Å². The number of anilines is 1. The first-order valence-electron chi connectivity index (χ1n) is 8.12. The SMILES string of the molecule is Cc1nccn1-c1cncc(N2CCC[C@H]2C(=O)NC2CC2)n1. The summed E-state index contributed by atoms with van der Waals surface area (Å²) in [6.45, 7) is 2.76. The summed E-state index contributed by atoms with van der Waals surface area (Å²) < 4.78 is 1.89. The minimum absolute atomic E-state index is 0.121. The molecule has 0 spiro atoms. The van der Waals surface area contributed by atoms with Gasteiger partial charge < -0.3 is 10.2 Å². The van der Waals surface area contributed by atoms with Crippen LogP contribution in [0.5, 0.6) is 0 Å². The van der Waals surface area contributed by atoms with Crippen molar-refractivity contribution >= 4 is 11.7 Å². The van der Waals surface area contributed by atoms with Crippen LogP contribution in [0.1, 0.15) is 31.5 Å². The average molecular weight is 312 g/mol. The largest absolute Gasteiger partial charge is 0.352 e. The van der Waals surface area contributed by atoms with E-state index in [0.717, 1.165) is 49.7 Å². The Morgan fingerprint density at radius 1 is 1.26 bits per heavy atom. The van der Waals surface area contributed by atoms with Crippen molar-refractivity contribution < 1.29 is 4.79 Å². The molecule has 1 saturated carbocycles. The van der Waals surface area contributed by atoms with Gasteiger partial charge in [0.15, 0.2) is 5.82 Å². The monoisotopic (exact) mass is 312 g/mol. The van der Waals surface area contributed by atoms with Gasteiger partial charge in [-0.05, 0) is 32.6 Å². The van der Waals surface area contributed by atoms with Gasteiger partial charge in [-0.1, -0.05) is 0 Å². The van der Waals surface area contributed by atoms with Gasteiger partial charge in [-0.2, -0.15) is 0 Å². The number of amides is 1. The van der Waals surface area contributed by atoms with Crippen molar-refractivity contribution in [2.24, 2.45) is 0 Å². The molecular weight excluding hydrogens is 292 g/mol. The lowest BCUT2D eigenvalue weighted by Gasteiger charge is -2.25. The van der Waals surface area contributed by atoms with Gasteiger partial charge in [0, 0.05) is 25.0 Å². The van der Waals surface area contributed by atoms with E-state index in [1.807, 2.05) is 17.7 Å². The van der Waals surface area contributed by atoms with E-state index < -0.39 is 0 Å². The summed E-state index contributed by atoms with van der Waals surface area (Å²) >= 11 is 0. The first kappa shape index (κ1) is 14.2. The Balaban J connectivity index is 1.59. The molecule has 2 aromatic heterocycles. The normalized spacial score (nSPS) is 20.7. The molecule has 7 heteroatoms. The summed E-state index contributed by atoms with van der Waals surface area (Å²) in [5.74, 6) is 2.46.